The summed E-state index contributed by atoms with van der Waals surface area (Å²) in [5, 5.41) is 4.29. The Morgan fingerprint density at radius 1 is 1.29 bits per heavy atom. The highest BCUT2D eigenvalue weighted by molar-refractivity contribution is 7.17. The van der Waals surface area contributed by atoms with Crippen LogP contribution in [0.4, 0.5) is 0 Å². The van der Waals surface area contributed by atoms with Crippen LogP contribution < -0.4 is 0 Å². The molecule has 0 bridgehead atoms. The van der Waals surface area contributed by atoms with Crippen molar-refractivity contribution in [1.82, 2.24) is 24.1 Å². The molecule has 0 amide bonds. The fraction of sp³-hybridized carbons (Fsp3) is 0.556. The number of piperidine rings is 1. The molecule has 1 atom stereocenters. The molecular formula is C18H25N5S. The van der Waals surface area contributed by atoms with Gasteiger partial charge in [-0.2, -0.15) is 5.10 Å². The second-order valence-electron chi connectivity index (χ2n) is 7.02. The van der Waals surface area contributed by atoms with Crippen LogP contribution in [0.15, 0.2) is 12.4 Å². The summed E-state index contributed by atoms with van der Waals surface area (Å²) in [4.78, 5) is 10.3. The van der Waals surface area contributed by atoms with Gasteiger partial charge in [0.2, 0.25) is 0 Å². The van der Waals surface area contributed by atoms with Gasteiger partial charge in [0, 0.05) is 48.4 Å². The molecule has 3 aromatic rings. The molecule has 128 valence electrons. The van der Waals surface area contributed by atoms with Crippen LogP contribution in [0.25, 0.3) is 4.83 Å². The minimum Gasteiger partial charge on any atom is -0.298 e. The number of thiazole rings is 1. The van der Waals surface area contributed by atoms with E-state index in [1.54, 1.807) is 0 Å². The third-order valence-electron chi connectivity index (χ3n) is 5.18. The van der Waals surface area contributed by atoms with Crippen molar-refractivity contribution < 1.29 is 0 Å². The van der Waals surface area contributed by atoms with Crippen molar-refractivity contribution in [3.05, 3.63) is 40.0 Å². The number of imidazole rings is 1. The smallest absolute Gasteiger partial charge is 0.123 e. The normalized spacial score (nSPS) is 19.4. The number of aryl methyl sites for hydroxylation is 4. The number of aromatic nitrogens is 4. The predicted octanol–water partition coefficient (Wildman–Crippen LogP) is 3.43. The molecule has 0 saturated carbocycles. The largest absolute Gasteiger partial charge is 0.298 e. The quantitative estimate of drug-likeness (QED) is 0.731. The van der Waals surface area contributed by atoms with Crippen LogP contribution in [-0.2, 0) is 13.6 Å². The molecule has 4 heterocycles. The van der Waals surface area contributed by atoms with E-state index in [-0.39, 0.29) is 0 Å². The third kappa shape index (κ3) is 2.67. The summed E-state index contributed by atoms with van der Waals surface area (Å²) < 4.78 is 4.23. The van der Waals surface area contributed by atoms with Crippen molar-refractivity contribution in [2.75, 3.05) is 13.1 Å². The Labute approximate surface area is 146 Å². The Morgan fingerprint density at radius 3 is 2.88 bits per heavy atom. The molecule has 3 aromatic heterocycles. The van der Waals surface area contributed by atoms with Gasteiger partial charge in [-0.15, -0.1) is 11.3 Å². The minimum absolute atomic E-state index is 0.538. The summed E-state index contributed by atoms with van der Waals surface area (Å²) >= 11 is 1.90. The second-order valence-corrected chi connectivity index (χ2v) is 8.23. The fourth-order valence-electron chi connectivity index (χ4n) is 3.90. The zero-order valence-corrected chi connectivity index (χ0v) is 15.7. The first-order valence-corrected chi connectivity index (χ1v) is 9.49. The highest BCUT2D eigenvalue weighted by Crippen LogP contribution is 2.35. The van der Waals surface area contributed by atoms with Gasteiger partial charge in [-0.1, -0.05) is 0 Å². The van der Waals surface area contributed by atoms with Gasteiger partial charge in [-0.3, -0.25) is 14.0 Å². The van der Waals surface area contributed by atoms with Crippen LogP contribution in [0, 0.1) is 20.8 Å². The van der Waals surface area contributed by atoms with E-state index in [0.29, 0.717) is 5.92 Å². The maximum Gasteiger partial charge on any atom is 0.123 e. The van der Waals surface area contributed by atoms with Crippen LogP contribution in [0.1, 0.15) is 46.4 Å². The second kappa shape index (κ2) is 6.01. The third-order valence-corrected chi connectivity index (χ3v) is 6.37. The van der Waals surface area contributed by atoms with Gasteiger partial charge < -0.3 is 0 Å². The number of hydrogen-bond donors (Lipinski definition) is 0. The molecule has 1 fully saturated rings. The van der Waals surface area contributed by atoms with Gasteiger partial charge in [0.15, 0.2) is 0 Å². The van der Waals surface area contributed by atoms with Gasteiger partial charge in [-0.25, -0.2) is 4.98 Å². The van der Waals surface area contributed by atoms with Crippen molar-refractivity contribution in [3.8, 4) is 0 Å². The fourth-order valence-corrected chi connectivity index (χ4v) is 5.11. The summed E-state index contributed by atoms with van der Waals surface area (Å²) in [6.07, 6.45) is 6.58. The standard InChI is InChI=1S/C18H25N5S/c1-12-13(2)24-18-17(20-14(3)23(12)18)16-6-5-7-22(11-16)10-15-8-19-21(4)9-15/h8-9,16H,5-7,10-11H2,1-4H3. The van der Waals surface area contributed by atoms with E-state index in [0.717, 1.165) is 18.9 Å². The Balaban J connectivity index is 1.59. The average molecular weight is 344 g/mol. The van der Waals surface area contributed by atoms with E-state index in [1.165, 1.54) is 46.0 Å². The first kappa shape index (κ1) is 15.8. The van der Waals surface area contributed by atoms with Gasteiger partial charge >= 0.3 is 0 Å². The van der Waals surface area contributed by atoms with E-state index in [4.69, 9.17) is 4.98 Å². The van der Waals surface area contributed by atoms with E-state index in [2.05, 4.69) is 41.4 Å². The molecule has 1 aliphatic rings. The summed E-state index contributed by atoms with van der Waals surface area (Å²) in [5.74, 6) is 1.67. The zero-order chi connectivity index (χ0) is 16.8. The molecule has 0 radical (unpaired) electrons. The van der Waals surface area contributed by atoms with Crippen LogP contribution in [0.3, 0.4) is 0 Å². The monoisotopic (exact) mass is 343 g/mol. The summed E-state index contributed by atoms with van der Waals surface area (Å²) in [7, 11) is 1.98. The molecule has 0 spiro atoms. The molecule has 6 heteroatoms. The average Bonchev–Trinajstić information content (AvgIpc) is 3.18. The molecule has 1 aliphatic heterocycles. The van der Waals surface area contributed by atoms with Crippen LogP contribution in [0.5, 0.6) is 0 Å². The number of rotatable bonds is 3. The topological polar surface area (TPSA) is 38.4 Å². The first-order valence-electron chi connectivity index (χ1n) is 8.67. The van der Waals surface area contributed by atoms with Gasteiger partial charge in [0.1, 0.15) is 10.7 Å². The van der Waals surface area contributed by atoms with E-state index < -0.39 is 0 Å². The number of likely N-dealkylation sites (tertiary alicyclic amines) is 1. The molecule has 1 unspecified atom stereocenters. The maximum absolute atomic E-state index is 4.95. The van der Waals surface area contributed by atoms with Crippen molar-refractivity contribution in [2.24, 2.45) is 7.05 Å². The lowest BCUT2D eigenvalue weighted by molar-refractivity contribution is 0.199. The minimum atomic E-state index is 0.538. The van der Waals surface area contributed by atoms with Crippen molar-refractivity contribution in [3.63, 3.8) is 0 Å². The molecule has 5 nitrogen and oxygen atoms in total. The lowest BCUT2D eigenvalue weighted by Crippen LogP contribution is -2.34. The van der Waals surface area contributed by atoms with Crippen LogP contribution in [-0.4, -0.2) is 37.2 Å². The summed E-state index contributed by atoms with van der Waals surface area (Å²) in [6, 6.07) is 0. The molecule has 0 N–H and O–H groups in total. The van der Waals surface area contributed by atoms with Crippen LogP contribution in [0.2, 0.25) is 0 Å². The van der Waals surface area contributed by atoms with Crippen molar-refractivity contribution in [1.29, 1.82) is 0 Å². The SMILES string of the molecule is Cc1sc2c(C3CCCN(Cc4cnn(C)c4)C3)nc(C)n2c1C. The Kier molecular flexibility index (Phi) is 3.96. The van der Waals surface area contributed by atoms with E-state index >= 15 is 0 Å². The summed E-state index contributed by atoms with van der Waals surface area (Å²) in [5.41, 5.74) is 3.95. The predicted molar refractivity (Wildman–Crippen MR) is 97.7 cm³/mol. The molecule has 0 aromatic carbocycles. The first-order chi connectivity index (χ1) is 11.5. The highest BCUT2D eigenvalue weighted by Gasteiger charge is 2.27. The zero-order valence-electron chi connectivity index (χ0n) is 14.9. The molecule has 24 heavy (non-hydrogen) atoms. The Hall–Kier alpha value is -1.66. The van der Waals surface area contributed by atoms with Gasteiger partial charge in [0.25, 0.3) is 0 Å². The van der Waals surface area contributed by atoms with Crippen molar-refractivity contribution >= 4 is 16.2 Å². The summed E-state index contributed by atoms with van der Waals surface area (Å²) in [6.45, 7) is 9.80. The van der Waals surface area contributed by atoms with Gasteiger partial charge in [0.05, 0.1) is 11.9 Å². The molecule has 1 saturated heterocycles. The number of fused-ring (bicyclic) bond motifs is 1. The maximum atomic E-state index is 4.95. The molecule has 4 rings (SSSR count). The van der Waals surface area contributed by atoms with Gasteiger partial charge in [-0.05, 0) is 40.2 Å². The van der Waals surface area contributed by atoms with E-state index in [1.807, 2.05) is 29.3 Å². The lowest BCUT2D eigenvalue weighted by Gasteiger charge is -2.31. The van der Waals surface area contributed by atoms with Crippen molar-refractivity contribution in [2.45, 2.75) is 46.1 Å². The van der Waals surface area contributed by atoms with E-state index in [9.17, 15) is 0 Å². The Morgan fingerprint density at radius 2 is 2.12 bits per heavy atom. The number of nitrogens with zero attached hydrogens (tertiary/aromatic N) is 5. The Bertz CT molecular complexity index is 872. The molecular weight excluding hydrogens is 318 g/mol. The number of hydrogen-bond acceptors (Lipinski definition) is 4. The highest BCUT2D eigenvalue weighted by atomic mass is 32.1. The van der Waals surface area contributed by atoms with Crippen LogP contribution >= 0.6 is 11.3 Å². The lowest BCUT2D eigenvalue weighted by atomic mass is 9.95. The molecule has 0 aliphatic carbocycles.